The maximum Gasteiger partial charge on any atom is 0.407 e. The predicted molar refractivity (Wildman–Crippen MR) is 104 cm³/mol. The van der Waals surface area contributed by atoms with Crippen LogP contribution in [-0.2, 0) is 22.6 Å². The third kappa shape index (κ3) is 4.46. The van der Waals surface area contributed by atoms with E-state index >= 15 is 0 Å². The molecular formula is C21H26F2N4O3. The number of halogens is 2. The van der Waals surface area contributed by atoms with E-state index in [4.69, 9.17) is 9.47 Å². The lowest BCUT2D eigenvalue weighted by atomic mass is 9.92. The molecule has 0 radical (unpaired) electrons. The summed E-state index contributed by atoms with van der Waals surface area (Å²) in [6, 6.07) is 2.68. The number of amides is 1. The van der Waals surface area contributed by atoms with Crippen LogP contribution in [0, 0.1) is 11.6 Å². The number of benzene rings is 1. The zero-order valence-electron chi connectivity index (χ0n) is 17.2. The van der Waals surface area contributed by atoms with Crippen molar-refractivity contribution in [2.75, 3.05) is 6.61 Å². The van der Waals surface area contributed by atoms with Crippen molar-refractivity contribution in [3.05, 3.63) is 52.9 Å². The van der Waals surface area contributed by atoms with Gasteiger partial charge < -0.3 is 14.8 Å². The van der Waals surface area contributed by atoms with Gasteiger partial charge in [0, 0.05) is 30.3 Å². The van der Waals surface area contributed by atoms with Crippen LogP contribution in [0.2, 0.25) is 0 Å². The lowest BCUT2D eigenvalue weighted by Gasteiger charge is -2.40. The van der Waals surface area contributed by atoms with Crippen LogP contribution in [0.25, 0.3) is 0 Å². The van der Waals surface area contributed by atoms with Gasteiger partial charge in [-0.05, 0) is 45.4 Å². The van der Waals surface area contributed by atoms with E-state index in [9.17, 15) is 13.6 Å². The Hall–Kier alpha value is -2.52. The Bertz CT molecular complexity index is 907. The van der Waals surface area contributed by atoms with Gasteiger partial charge in [-0.2, -0.15) is 5.10 Å². The molecule has 1 fully saturated rings. The van der Waals surface area contributed by atoms with E-state index < -0.39 is 35.5 Å². The van der Waals surface area contributed by atoms with Crippen molar-refractivity contribution >= 4 is 6.09 Å². The standard InChI is InChI=1S/C21H26F2N4O3/c1-21(2,3)30-20(28)25-17-7-14(27-9-12-8-24-26-18(12)10-27)11-29-19(17)15-6-13(22)4-5-16(15)23/h4-6,8,14,17,19H,7,9-11H2,1-3H3,(H,24,26)(H,25,28)/t14-,17-,19+/m0/s1. The van der Waals surface area contributed by atoms with E-state index in [-0.39, 0.29) is 11.6 Å². The third-order valence-electron chi connectivity index (χ3n) is 5.38. The molecule has 0 spiro atoms. The second kappa shape index (κ2) is 7.96. The van der Waals surface area contributed by atoms with Gasteiger partial charge >= 0.3 is 6.09 Å². The first-order valence-electron chi connectivity index (χ1n) is 10.0. The molecule has 2 aliphatic rings. The van der Waals surface area contributed by atoms with E-state index in [1.54, 1.807) is 27.0 Å². The Kier molecular flexibility index (Phi) is 5.50. The average Bonchev–Trinajstić information content (AvgIpc) is 3.24. The molecule has 3 atom stereocenters. The number of hydrogen-bond donors (Lipinski definition) is 2. The van der Waals surface area contributed by atoms with Gasteiger partial charge in [0.1, 0.15) is 23.3 Å². The minimum Gasteiger partial charge on any atom is -0.444 e. The Labute approximate surface area is 173 Å². The Morgan fingerprint density at radius 3 is 2.87 bits per heavy atom. The van der Waals surface area contributed by atoms with Crippen molar-refractivity contribution in [3.8, 4) is 0 Å². The highest BCUT2D eigenvalue weighted by atomic mass is 19.1. The maximum absolute atomic E-state index is 14.5. The number of rotatable bonds is 3. The summed E-state index contributed by atoms with van der Waals surface area (Å²) in [4.78, 5) is 14.7. The zero-order valence-corrected chi connectivity index (χ0v) is 17.2. The third-order valence-corrected chi connectivity index (χ3v) is 5.38. The zero-order chi connectivity index (χ0) is 21.5. The van der Waals surface area contributed by atoms with Gasteiger partial charge in [0.15, 0.2) is 0 Å². The first kappa shape index (κ1) is 20.7. The first-order chi connectivity index (χ1) is 14.2. The highest BCUT2D eigenvalue weighted by Crippen LogP contribution is 2.35. The van der Waals surface area contributed by atoms with Gasteiger partial charge in [0.2, 0.25) is 0 Å². The molecule has 9 heteroatoms. The minimum absolute atomic E-state index is 0.00129. The fraction of sp³-hybridized carbons (Fsp3) is 0.524. The number of nitrogens with one attached hydrogen (secondary N) is 2. The average molecular weight is 420 g/mol. The lowest BCUT2D eigenvalue weighted by molar-refractivity contribution is -0.0628. The topological polar surface area (TPSA) is 79.5 Å². The molecule has 0 unspecified atom stereocenters. The van der Waals surface area contributed by atoms with Crippen LogP contribution in [0.1, 0.15) is 50.1 Å². The predicted octanol–water partition coefficient (Wildman–Crippen LogP) is 3.43. The van der Waals surface area contributed by atoms with Crippen LogP contribution < -0.4 is 5.32 Å². The summed E-state index contributed by atoms with van der Waals surface area (Å²) in [5.41, 5.74) is 1.60. The summed E-state index contributed by atoms with van der Waals surface area (Å²) in [5, 5.41) is 9.86. The van der Waals surface area contributed by atoms with Gasteiger partial charge in [-0.1, -0.05) is 0 Å². The summed E-state index contributed by atoms with van der Waals surface area (Å²) in [6.45, 7) is 7.05. The van der Waals surface area contributed by atoms with E-state index in [2.05, 4.69) is 20.4 Å². The number of alkyl carbamates (subject to hydrolysis) is 1. The Morgan fingerprint density at radius 2 is 2.13 bits per heavy atom. The highest BCUT2D eigenvalue weighted by molar-refractivity contribution is 5.68. The fourth-order valence-electron chi connectivity index (χ4n) is 4.05. The summed E-state index contributed by atoms with van der Waals surface area (Å²) >= 11 is 0. The Morgan fingerprint density at radius 1 is 1.33 bits per heavy atom. The smallest absolute Gasteiger partial charge is 0.407 e. The SMILES string of the molecule is CC(C)(C)OC(=O)N[C@H]1C[C@H](N2Cc3cn[nH]c3C2)CO[C@@H]1c1cc(F)ccc1F. The van der Waals surface area contributed by atoms with Crippen molar-refractivity contribution in [1.82, 2.24) is 20.4 Å². The molecule has 2 aliphatic heterocycles. The molecule has 3 heterocycles. The molecule has 162 valence electrons. The van der Waals surface area contributed by atoms with Crippen LogP contribution in [0.3, 0.4) is 0 Å². The quantitative estimate of drug-likeness (QED) is 0.796. The van der Waals surface area contributed by atoms with E-state index in [1.165, 1.54) is 0 Å². The summed E-state index contributed by atoms with van der Waals surface area (Å²) < 4.78 is 39.6. The number of aromatic nitrogens is 2. The van der Waals surface area contributed by atoms with Gasteiger partial charge in [0.05, 0.1) is 24.5 Å². The number of fused-ring (bicyclic) bond motifs is 1. The van der Waals surface area contributed by atoms with Crippen molar-refractivity contribution in [2.24, 2.45) is 0 Å². The van der Waals surface area contributed by atoms with Gasteiger partial charge in [0.25, 0.3) is 0 Å². The van der Waals surface area contributed by atoms with Crippen LogP contribution >= 0.6 is 0 Å². The largest absolute Gasteiger partial charge is 0.444 e. The number of aromatic amines is 1. The second-order valence-corrected chi connectivity index (χ2v) is 8.84. The molecular weight excluding hydrogens is 394 g/mol. The molecule has 7 nitrogen and oxygen atoms in total. The summed E-state index contributed by atoms with van der Waals surface area (Å²) in [5.74, 6) is -1.13. The molecule has 4 rings (SSSR count). The van der Waals surface area contributed by atoms with Crippen molar-refractivity contribution in [3.63, 3.8) is 0 Å². The van der Waals surface area contributed by atoms with E-state index in [1.807, 2.05) is 0 Å². The van der Waals surface area contributed by atoms with Crippen LogP contribution in [0.15, 0.2) is 24.4 Å². The van der Waals surface area contributed by atoms with Crippen LogP contribution in [-0.4, -0.2) is 45.5 Å². The molecule has 30 heavy (non-hydrogen) atoms. The maximum atomic E-state index is 14.5. The normalized spacial score (nSPS) is 24.5. The monoisotopic (exact) mass is 420 g/mol. The van der Waals surface area contributed by atoms with E-state index in [0.717, 1.165) is 36.0 Å². The number of nitrogens with zero attached hydrogens (tertiary/aromatic N) is 2. The molecule has 2 aromatic rings. The number of carbonyl (C=O) groups excluding carboxylic acids is 1. The lowest BCUT2D eigenvalue weighted by Crippen LogP contribution is -2.52. The van der Waals surface area contributed by atoms with Crippen LogP contribution in [0.5, 0.6) is 0 Å². The molecule has 0 aliphatic carbocycles. The van der Waals surface area contributed by atoms with Gasteiger partial charge in [-0.15, -0.1) is 0 Å². The van der Waals surface area contributed by atoms with Gasteiger partial charge in [-0.3, -0.25) is 10.00 Å². The van der Waals surface area contributed by atoms with Crippen molar-refractivity contribution in [1.29, 1.82) is 0 Å². The summed E-state index contributed by atoms with van der Waals surface area (Å²) in [6.07, 6.45) is 0.888. The number of hydrogen-bond acceptors (Lipinski definition) is 5. The number of H-pyrrole nitrogens is 1. The molecule has 0 saturated carbocycles. The number of ether oxygens (including phenoxy) is 2. The second-order valence-electron chi connectivity index (χ2n) is 8.84. The van der Waals surface area contributed by atoms with E-state index in [0.29, 0.717) is 19.6 Å². The van der Waals surface area contributed by atoms with Crippen molar-refractivity contribution < 1.29 is 23.0 Å². The minimum atomic E-state index is -0.813. The molecule has 1 aromatic heterocycles. The Balaban J connectivity index is 1.53. The molecule has 0 bridgehead atoms. The van der Waals surface area contributed by atoms with Gasteiger partial charge in [-0.25, -0.2) is 13.6 Å². The molecule has 1 saturated heterocycles. The highest BCUT2D eigenvalue weighted by Gasteiger charge is 2.39. The first-order valence-corrected chi connectivity index (χ1v) is 10.0. The number of carbonyl (C=O) groups is 1. The molecule has 1 amide bonds. The van der Waals surface area contributed by atoms with Crippen LogP contribution in [0.4, 0.5) is 13.6 Å². The molecule has 1 aromatic carbocycles. The molecule has 2 N–H and O–H groups in total. The summed E-state index contributed by atoms with van der Waals surface area (Å²) in [7, 11) is 0. The van der Waals surface area contributed by atoms with Crippen molar-refractivity contribution in [2.45, 2.75) is 64.1 Å². The fourth-order valence-corrected chi connectivity index (χ4v) is 4.05.